The molecule has 0 bridgehead atoms. The lowest BCUT2D eigenvalue weighted by atomic mass is 10.1. The maximum Gasteiger partial charge on any atom is 0.0955 e. The van der Waals surface area contributed by atoms with Gasteiger partial charge >= 0.3 is 0 Å². The number of hydrogen-bond donors (Lipinski definition) is 2. The van der Waals surface area contributed by atoms with Gasteiger partial charge in [0.05, 0.1) is 24.0 Å². The van der Waals surface area contributed by atoms with Crippen LogP contribution in [0.4, 0.5) is 11.4 Å². The fourth-order valence-electron chi connectivity index (χ4n) is 2.51. The van der Waals surface area contributed by atoms with Crippen LogP contribution in [0.1, 0.15) is 18.1 Å². The molecule has 0 radical (unpaired) electrons. The van der Waals surface area contributed by atoms with Gasteiger partial charge in [0.2, 0.25) is 0 Å². The van der Waals surface area contributed by atoms with Gasteiger partial charge in [-0.25, -0.2) is 4.98 Å². The fraction of sp³-hybridized carbons (Fsp3) is 0.235. The van der Waals surface area contributed by atoms with E-state index in [-0.39, 0.29) is 6.61 Å². The summed E-state index contributed by atoms with van der Waals surface area (Å²) in [5, 5.41) is 12.8. The lowest BCUT2D eigenvalue weighted by Crippen LogP contribution is -1.97. The second-order valence-electron chi connectivity index (χ2n) is 5.19. The summed E-state index contributed by atoms with van der Waals surface area (Å²) in [7, 11) is 1.99. The van der Waals surface area contributed by atoms with Crippen LogP contribution in [0.2, 0.25) is 0 Å². The number of nitrogens with zero attached hydrogens (tertiary/aromatic N) is 2. The second-order valence-corrected chi connectivity index (χ2v) is 5.19. The molecule has 2 N–H and O–H groups in total. The van der Waals surface area contributed by atoms with E-state index in [1.165, 1.54) is 5.56 Å². The Labute approximate surface area is 124 Å². The molecule has 4 nitrogen and oxygen atoms in total. The van der Waals surface area contributed by atoms with Crippen molar-refractivity contribution in [3.63, 3.8) is 0 Å². The first-order valence-electron chi connectivity index (χ1n) is 7.12. The maximum absolute atomic E-state index is 9.30. The van der Waals surface area contributed by atoms with E-state index in [2.05, 4.69) is 29.4 Å². The molecule has 0 aliphatic heterocycles. The number of aryl methyl sites for hydroxylation is 2. The van der Waals surface area contributed by atoms with E-state index in [9.17, 15) is 5.11 Å². The van der Waals surface area contributed by atoms with Crippen molar-refractivity contribution in [3.8, 4) is 0 Å². The van der Waals surface area contributed by atoms with Crippen molar-refractivity contribution in [2.75, 3.05) is 5.32 Å². The molecule has 0 atom stereocenters. The first-order valence-corrected chi connectivity index (χ1v) is 7.12. The number of fused-ring (bicyclic) bond motifs is 1. The highest BCUT2D eigenvalue weighted by atomic mass is 16.3. The lowest BCUT2D eigenvalue weighted by molar-refractivity contribution is 0.282. The number of benzene rings is 2. The number of imidazole rings is 1. The van der Waals surface area contributed by atoms with Crippen LogP contribution in [0.5, 0.6) is 0 Å². The van der Waals surface area contributed by atoms with Crippen LogP contribution < -0.4 is 5.32 Å². The molecule has 4 heteroatoms. The zero-order valence-corrected chi connectivity index (χ0v) is 12.3. The smallest absolute Gasteiger partial charge is 0.0955 e. The monoisotopic (exact) mass is 281 g/mol. The molecule has 0 fully saturated rings. The zero-order valence-electron chi connectivity index (χ0n) is 12.3. The van der Waals surface area contributed by atoms with Crippen molar-refractivity contribution in [1.29, 1.82) is 0 Å². The number of anilines is 2. The quantitative estimate of drug-likeness (QED) is 0.771. The predicted molar refractivity (Wildman–Crippen MR) is 85.7 cm³/mol. The SMILES string of the molecule is CCc1ccc(CO)cc1Nc1ccc2ncn(C)c2c1. The summed E-state index contributed by atoms with van der Waals surface area (Å²) in [6.45, 7) is 2.18. The Balaban J connectivity index is 1.99. The highest BCUT2D eigenvalue weighted by Crippen LogP contribution is 2.25. The molecule has 0 amide bonds. The van der Waals surface area contributed by atoms with E-state index in [4.69, 9.17) is 0 Å². The predicted octanol–water partition coefficient (Wildman–Crippen LogP) is 3.37. The van der Waals surface area contributed by atoms with Gasteiger partial charge in [-0.05, 0) is 41.8 Å². The zero-order chi connectivity index (χ0) is 14.8. The molecule has 0 aliphatic rings. The third-order valence-electron chi connectivity index (χ3n) is 3.74. The first-order chi connectivity index (χ1) is 10.2. The van der Waals surface area contributed by atoms with Gasteiger partial charge in [0.15, 0.2) is 0 Å². The van der Waals surface area contributed by atoms with Crippen LogP contribution in [-0.2, 0) is 20.1 Å². The summed E-state index contributed by atoms with van der Waals surface area (Å²) in [5.41, 5.74) is 6.30. The van der Waals surface area contributed by atoms with Gasteiger partial charge < -0.3 is 15.0 Å². The standard InChI is InChI=1S/C17H19N3O/c1-3-13-5-4-12(10-21)8-16(13)19-14-6-7-15-17(9-14)20(2)11-18-15/h4-9,11,19,21H,3,10H2,1-2H3. The van der Waals surface area contributed by atoms with Crippen molar-refractivity contribution in [3.05, 3.63) is 53.9 Å². The van der Waals surface area contributed by atoms with E-state index in [1.807, 2.05) is 42.2 Å². The Morgan fingerprint density at radius 3 is 2.81 bits per heavy atom. The Morgan fingerprint density at radius 2 is 2.05 bits per heavy atom. The van der Waals surface area contributed by atoms with Crippen molar-refractivity contribution >= 4 is 22.4 Å². The van der Waals surface area contributed by atoms with Gasteiger partial charge in [-0.3, -0.25) is 0 Å². The molecule has 2 aromatic carbocycles. The second kappa shape index (κ2) is 5.58. The molecule has 3 aromatic rings. The molecule has 0 saturated heterocycles. The van der Waals surface area contributed by atoms with Crippen LogP contribution in [0.3, 0.4) is 0 Å². The third kappa shape index (κ3) is 2.62. The summed E-state index contributed by atoms with van der Waals surface area (Å²) >= 11 is 0. The van der Waals surface area contributed by atoms with Gasteiger partial charge in [0, 0.05) is 18.4 Å². The molecule has 1 aromatic heterocycles. The molecule has 3 rings (SSSR count). The molecule has 0 saturated carbocycles. The summed E-state index contributed by atoms with van der Waals surface area (Å²) in [4.78, 5) is 4.33. The molecule has 0 unspecified atom stereocenters. The number of aromatic nitrogens is 2. The molecule has 0 aliphatic carbocycles. The Morgan fingerprint density at radius 1 is 1.19 bits per heavy atom. The van der Waals surface area contributed by atoms with Gasteiger partial charge in [-0.15, -0.1) is 0 Å². The summed E-state index contributed by atoms with van der Waals surface area (Å²) < 4.78 is 2.01. The largest absolute Gasteiger partial charge is 0.392 e. The average molecular weight is 281 g/mol. The average Bonchev–Trinajstić information content (AvgIpc) is 2.88. The number of rotatable bonds is 4. The minimum Gasteiger partial charge on any atom is -0.392 e. The normalized spacial score (nSPS) is 11.0. The van der Waals surface area contributed by atoms with Crippen LogP contribution >= 0.6 is 0 Å². The highest BCUT2D eigenvalue weighted by molar-refractivity contribution is 5.81. The van der Waals surface area contributed by atoms with Crippen molar-refractivity contribution in [2.24, 2.45) is 7.05 Å². The van der Waals surface area contributed by atoms with Crippen LogP contribution in [0, 0.1) is 0 Å². The lowest BCUT2D eigenvalue weighted by Gasteiger charge is -2.13. The van der Waals surface area contributed by atoms with Crippen molar-refractivity contribution < 1.29 is 5.11 Å². The fourth-order valence-corrected chi connectivity index (χ4v) is 2.51. The Kier molecular flexibility index (Phi) is 3.62. The number of hydrogen-bond acceptors (Lipinski definition) is 3. The van der Waals surface area contributed by atoms with Crippen LogP contribution in [0.25, 0.3) is 11.0 Å². The van der Waals surface area contributed by atoms with Gasteiger partial charge in [0.1, 0.15) is 0 Å². The Bertz CT molecular complexity index is 777. The number of nitrogens with one attached hydrogen (secondary N) is 1. The maximum atomic E-state index is 9.30. The minimum atomic E-state index is 0.0550. The molecule has 1 heterocycles. The topological polar surface area (TPSA) is 50.1 Å². The van der Waals surface area contributed by atoms with E-state index in [1.54, 1.807) is 0 Å². The van der Waals surface area contributed by atoms with E-state index >= 15 is 0 Å². The molecule has 0 spiro atoms. The summed E-state index contributed by atoms with van der Waals surface area (Å²) in [6.07, 6.45) is 2.76. The van der Waals surface area contributed by atoms with Crippen LogP contribution in [0.15, 0.2) is 42.7 Å². The minimum absolute atomic E-state index is 0.0550. The van der Waals surface area contributed by atoms with E-state index < -0.39 is 0 Å². The highest BCUT2D eigenvalue weighted by Gasteiger charge is 2.05. The molecular formula is C17H19N3O. The number of aliphatic hydroxyl groups excluding tert-OH is 1. The van der Waals surface area contributed by atoms with Crippen molar-refractivity contribution in [1.82, 2.24) is 9.55 Å². The van der Waals surface area contributed by atoms with Crippen molar-refractivity contribution in [2.45, 2.75) is 20.0 Å². The third-order valence-corrected chi connectivity index (χ3v) is 3.74. The van der Waals surface area contributed by atoms with Gasteiger partial charge in [0.25, 0.3) is 0 Å². The summed E-state index contributed by atoms with van der Waals surface area (Å²) in [5.74, 6) is 0. The molecular weight excluding hydrogens is 262 g/mol. The van der Waals surface area contributed by atoms with E-state index in [0.29, 0.717) is 0 Å². The molecule has 108 valence electrons. The number of aliphatic hydroxyl groups is 1. The summed E-state index contributed by atoms with van der Waals surface area (Å²) in [6, 6.07) is 12.2. The molecule has 21 heavy (non-hydrogen) atoms. The van der Waals surface area contributed by atoms with Gasteiger partial charge in [-0.1, -0.05) is 19.1 Å². The first kappa shape index (κ1) is 13.6. The Hall–Kier alpha value is -2.33. The van der Waals surface area contributed by atoms with Crippen LogP contribution in [-0.4, -0.2) is 14.7 Å². The van der Waals surface area contributed by atoms with Gasteiger partial charge in [-0.2, -0.15) is 0 Å². The van der Waals surface area contributed by atoms with E-state index in [0.717, 1.165) is 34.4 Å².